The molecule has 0 aromatic heterocycles. The van der Waals surface area contributed by atoms with Crippen LogP contribution >= 0.6 is 56.5 Å². The summed E-state index contributed by atoms with van der Waals surface area (Å²) < 4.78 is 0. The third-order valence-corrected chi connectivity index (χ3v) is 11.7. The molecule has 5 heteroatoms. The first-order valence-electron chi connectivity index (χ1n) is 7.75. The van der Waals surface area contributed by atoms with Gasteiger partial charge in [0.05, 0.1) is 35.0 Å². The molecule has 0 saturated heterocycles. The fourth-order valence-corrected chi connectivity index (χ4v) is 9.48. The van der Waals surface area contributed by atoms with E-state index in [1.807, 2.05) is 0 Å². The van der Waals surface area contributed by atoms with E-state index in [1.165, 1.54) is 14.9 Å². The van der Waals surface area contributed by atoms with Gasteiger partial charge in [-0.1, -0.05) is 0 Å². The standard InChI is InChI=1S/C15H34P2.Fe.2HI/c1-12(2)16(13(3)4)10-9-11-17(14(5)6)15(7)8;;;/h12-15H,9-11H2,1-8H3;;2*1H/q;+2;;. The minimum absolute atomic E-state index is 0.109. The van der Waals surface area contributed by atoms with E-state index >= 15 is 0 Å². The zero-order valence-corrected chi connectivity index (χ0v) is 22.0. The van der Waals surface area contributed by atoms with Gasteiger partial charge in [0.25, 0.3) is 0 Å². The van der Waals surface area contributed by atoms with Gasteiger partial charge in [0, 0.05) is 22.3 Å². The van der Waals surface area contributed by atoms with Crippen molar-refractivity contribution in [2.24, 2.45) is 0 Å². The molecule has 0 N–H and O–H groups in total. The average Bonchev–Trinajstić information content (AvgIpc) is 2.27. The summed E-state index contributed by atoms with van der Waals surface area (Å²) in [5, 5.41) is 0. The fraction of sp³-hybridized carbons (Fsp3) is 1.00. The molecule has 126 valence electrons. The molecule has 0 rings (SSSR count). The number of rotatable bonds is 8. The number of halogens is 2. The molecule has 0 spiro atoms. The van der Waals surface area contributed by atoms with Crippen molar-refractivity contribution < 1.29 is 8.46 Å². The molecule has 0 aromatic rings. The molecule has 0 atom stereocenters. The molecule has 0 amide bonds. The van der Waals surface area contributed by atoms with Crippen LogP contribution < -0.4 is 0 Å². The summed E-state index contributed by atoms with van der Waals surface area (Å²) in [5.74, 6) is 0. The monoisotopic (exact) mass is 588 g/mol. The number of hydrogen-bond acceptors (Lipinski definition) is 0. The van der Waals surface area contributed by atoms with Crippen molar-refractivity contribution in [3.8, 4) is 0 Å². The molecular formula is C15H36FeI2P2+2. The first-order valence-corrected chi connectivity index (χ1v) is 18.6. The van der Waals surface area contributed by atoms with E-state index in [4.69, 9.17) is 0 Å². The molecular weight excluding hydrogens is 552 g/mol. The van der Waals surface area contributed by atoms with Crippen LogP contribution in [0.2, 0.25) is 0 Å². The molecule has 0 radical (unpaired) electrons. The van der Waals surface area contributed by atoms with Crippen molar-refractivity contribution in [3.05, 3.63) is 0 Å². The Labute approximate surface area is 160 Å². The fourth-order valence-electron chi connectivity index (χ4n) is 2.98. The molecule has 0 aromatic carbocycles. The van der Waals surface area contributed by atoms with E-state index in [0.717, 1.165) is 22.6 Å². The normalized spacial score (nSPS) is 12.2. The number of hydrogen-bond donors (Lipinski definition) is 0. The average molecular weight is 588 g/mol. The van der Waals surface area contributed by atoms with Gasteiger partial charge in [-0.3, -0.25) is 0 Å². The van der Waals surface area contributed by atoms with Crippen LogP contribution in [0.5, 0.6) is 0 Å². The molecule has 20 heavy (non-hydrogen) atoms. The molecule has 0 aliphatic heterocycles. The third-order valence-electron chi connectivity index (χ3n) is 3.90. The maximum absolute atomic E-state index is 2.44. The van der Waals surface area contributed by atoms with Crippen LogP contribution in [0.15, 0.2) is 0 Å². The van der Waals surface area contributed by atoms with E-state index in [0.29, 0.717) is 0 Å². The maximum atomic E-state index is 2.44. The summed E-state index contributed by atoms with van der Waals surface area (Å²) in [6, 6.07) is 0. The SMILES string of the molecule is CC(C)[PH+](CCC[PH+](C(C)C)C(C)C)C(C)C.[I][Fe][I]. The van der Waals surface area contributed by atoms with Crippen LogP contribution in [-0.4, -0.2) is 35.0 Å². The van der Waals surface area contributed by atoms with Crippen molar-refractivity contribution in [2.75, 3.05) is 12.3 Å². The Hall–Kier alpha value is 2.84. The van der Waals surface area contributed by atoms with E-state index in [-0.39, 0.29) is 15.8 Å². The van der Waals surface area contributed by atoms with Gasteiger partial charge in [-0.15, -0.1) is 0 Å². The van der Waals surface area contributed by atoms with Crippen LogP contribution in [0.25, 0.3) is 0 Å². The Morgan fingerprint density at radius 3 is 1.00 bits per heavy atom. The Bertz CT molecular complexity index is 176. The molecule has 0 saturated carbocycles. The summed E-state index contributed by atoms with van der Waals surface area (Å²) in [6.07, 6.45) is 4.61. The van der Waals surface area contributed by atoms with Crippen molar-refractivity contribution in [2.45, 2.75) is 84.4 Å². The topological polar surface area (TPSA) is 0 Å². The van der Waals surface area contributed by atoms with Gasteiger partial charge < -0.3 is 0 Å². The van der Waals surface area contributed by atoms with Crippen molar-refractivity contribution in [1.29, 1.82) is 0 Å². The molecule has 0 aliphatic carbocycles. The van der Waals surface area contributed by atoms with Gasteiger partial charge >= 0.3 is 49.1 Å². The zero-order chi connectivity index (χ0) is 16.3. The predicted molar refractivity (Wildman–Crippen MR) is 120 cm³/mol. The van der Waals surface area contributed by atoms with E-state index < -0.39 is 0 Å². The molecule has 0 bridgehead atoms. The van der Waals surface area contributed by atoms with E-state index in [1.54, 1.807) is 12.3 Å². The summed E-state index contributed by atoms with van der Waals surface area (Å²) in [7, 11) is 0.973. The molecule has 0 heterocycles. The van der Waals surface area contributed by atoms with Crippen molar-refractivity contribution in [1.82, 2.24) is 0 Å². The Morgan fingerprint density at radius 1 is 0.650 bits per heavy atom. The quantitative estimate of drug-likeness (QED) is 0.160. The van der Waals surface area contributed by atoms with Gasteiger partial charge in [0.2, 0.25) is 0 Å². The summed E-state index contributed by atoms with van der Waals surface area (Å²) >= 11 is 4.55. The van der Waals surface area contributed by atoms with Crippen molar-refractivity contribution in [3.63, 3.8) is 0 Å². The predicted octanol–water partition coefficient (Wildman–Crippen LogP) is 7.21. The van der Waals surface area contributed by atoms with Crippen LogP contribution in [0.1, 0.15) is 61.8 Å². The summed E-state index contributed by atoms with van der Waals surface area (Å²) in [4.78, 5) is 0. The molecule has 0 fully saturated rings. The van der Waals surface area contributed by atoms with Crippen LogP contribution in [0.4, 0.5) is 0 Å². The second kappa shape index (κ2) is 15.4. The Morgan fingerprint density at radius 2 is 0.850 bits per heavy atom. The molecule has 0 unspecified atom stereocenters. The van der Waals surface area contributed by atoms with E-state index in [2.05, 4.69) is 96.1 Å². The van der Waals surface area contributed by atoms with Gasteiger partial charge in [0.15, 0.2) is 0 Å². The Balaban J connectivity index is 0. The molecule has 0 nitrogen and oxygen atoms in total. The van der Waals surface area contributed by atoms with Gasteiger partial charge in [-0.05, 0) is 55.4 Å². The summed E-state index contributed by atoms with van der Waals surface area (Å²) in [6.45, 7) is 19.5. The van der Waals surface area contributed by atoms with Gasteiger partial charge in [-0.2, -0.15) is 0 Å². The Kier molecular flexibility index (Phi) is 19.3. The second-order valence-corrected chi connectivity index (χ2v) is 23.9. The van der Waals surface area contributed by atoms with Crippen LogP contribution in [0.3, 0.4) is 0 Å². The van der Waals surface area contributed by atoms with Crippen LogP contribution in [0, 0.1) is 0 Å². The third kappa shape index (κ3) is 13.3. The molecule has 0 aliphatic rings. The van der Waals surface area contributed by atoms with Crippen molar-refractivity contribution >= 4 is 56.5 Å². The van der Waals surface area contributed by atoms with Crippen LogP contribution in [-0.2, 0) is 8.46 Å². The van der Waals surface area contributed by atoms with E-state index in [9.17, 15) is 0 Å². The minimum atomic E-state index is -0.109. The first kappa shape index (κ1) is 25.1. The second-order valence-electron chi connectivity index (χ2n) is 6.67. The first-order chi connectivity index (χ1) is 9.18. The van der Waals surface area contributed by atoms with Gasteiger partial charge in [0.1, 0.15) is 0 Å². The zero-order valence-electron chi connectivity index (χ0n) is 14.5. The van der Waals surface area contributed by atoms with Gasteiger partial charge in [-0.25, -0.2) is 0 Å². The summed E-state index contributed by atoms with van der Waals surface area (Å²) in [5.41, 5.74) is 3.81.